The van der Waals surface area contributed by atoms with Gasteiger partial charge >= 0.3 is 0 Å². The van der Waals surface area contributed by atoms with Crippen LogP contribution in [0.25, 0.3) is 21.6 Å². The van der Waals surface area contributed by atoms with Crippen molar-refractivity contribution in [3.8, 4) is 17.1 Å². The largest absolute Gasteiger partial charge is 0.496 e. The fourth-order valence-electron chi connectivity index (χ4n) is 3.62. The summed E-state index contributed by atoms with van der Waals surface area (Å²) in [5, 5.41) is 11.1. The van der Waals surface area contributed by atoms with Crippen LogP contribution in [0, 0.1) is 0 Å². The number of thioether (sulfide) groups is 1. The quantitative estimate of drug-likeness (QED) is 0.263. The molecule has 160 valence electrons. The summed E-state index contributed by atoms with van der Waals surface area (Å²) in [5.74, 6) is 2.38. The minimum atomic E-state index is 0.759. The number of rotatable bonds is 8. The molecule has 0 bridgehead atoms. The topological polar surface area (TPSA) is 52.8 Å². The van der Waals surface area contributed by atoms with Crippen molar-refractivity contribution in [1.29, 1.82) is 0 Å². The Bertz CT molecular complexity index is 1300. The summed E-state index contributed by atoms with van der Waals surface area (Å²) in [6.07, 6.45) is 0.899. The molecular formula is C25H22N4OS2. The van der Waals surface area contributed by atoms with Crippen LogP contribution < -0.4 is 4.74 Å². The van der Waals surface area contributed by atoms with E-state index in [1.54, 1.807) is 30.2 Å². The zero-order valence-electron chi connectivity index (χ0n) is 17.6. The van der Waals surface area contributed by atoms with Crippen molar-refractivity contribution >= 4 is 33.3 Å². The van der Waals surface area contributed by atoms with Crippen molar-refractivity contribution in [2.75, 3.05) is 7.11 Å². The Balaban J connectivity index is 1.44. The molecule has 5 rings (SSSR count). The third-order valence-corrected chi connectivity index (χ3v) is 7.39. The van der Waals surface area contributed by atoms with Gasteiger partial charge in [-0.2, -0.15) is 0 Å². The Hall–Kier alpha value is -3.16. The van der Waals surface area contributed by atoms with Gasteiger partial charge in [0.15, 0.2) is 11.0 Å². The van der Waals surface area contributed by atoms with Crippen molar-refractivity contribution in [1.82, 2.24) is 19.7 Å². The third kappa shape index (κ3) is 4.40. The first-order chi connectivity index (χ1) is 15.8. The summed E-state index contributed by atoms with van der Waals surface area (Å²) in [5.41, 5.74) is 3.28. The monoisotopic (exact) mass is 458 g/mol. The number of aryl methyl sites for hydroxylation is 1. The van der Waals surface area contributed by atoms with Crippen LogP contribution in [0.2, 0.25) is 0 Å². The van der Waals surface area contributed by atoms with E-state index in [4.69, 9.17) is 9.72 Å². The number of ether oxygens (including phenoxy) is 1. The first-order valence-corrected chi connectivity index (χ1v) is 12.2. The number of thiazole rings is 1. The second-order valence-electron chi connectivity index (χ2n) is 7.26. The van der Waals surface area contributed by atoms with E-state index in [1.165, 1.54) is 10.3 Å². The first kappa shape index (κ1) is 20.7. The van der Waals surface area contributed by atoms with Gasteiger partial charge in [-0.1, -0.05) is 66.4 Å². The molecule has 32 heavy (non-hydrogen) atoms. The van der Waals surface area contributed by atoms with Crippen molar-refractivity contribution in [3.63, 3.8) is 0 Å². The SMILES string of the molecule is COc1ccccc1-c1nnc(SCc2nc3ccccc3s2)n1CCc1ccccc1. The molecule has 0 N–H and O–H groups in total. The van der Waals surface area contributed by atoms with E-state index in [-0.39, 0.29) is 0 Å². The Morgan fingerprint density at radius 1 is 0.906 bits per heavy atom. The molecule has 5 nitrogen and oxygen atoms in total. The van der Waals surface area contributed by atoms with E-state index >= 15 is 0 Å². The van der Waals surface area contributed by atoms with Gasteiger partial charge in [0, 0.05) is 6.54 Å². The molecule has 2 aromatic heterocycles. The van der Waals surface area contributed by atoms with Gasteiger partial charge in [0.25, 0.3) is 0 Å². The Morgan fingerprint density at radius 3 is 2.53 bits per heavy atom. The zero-order chi connectivity index (χ0) is 21.8. The van der Waals surface area contributed by atoms with Gasteiger partial charge in [0.2, 0.25) is 0 Å². The summed E-state index contributed by atoms with van der Waals surface area (Å²) in [6.45, 7) is 0.784. The molecule has 7 heteroatoms. The maximum atomic E-state index is 5.59. The number of nitrogens with zero attached hydrogens (tertiary/aromatic N) is 4. The number of para-hydroxylation sites is 2. The Labute approximate surface area is 195 Å². The van der Waals surface area contributed by atoms with Crippen LogP contribution >= 0.6 is 23.1 Å². The molecule has 5 aromatic rings. The van der Waals surface area contributed by atoms with E-state index in [9.17, 15) is 0 Å². The summed E-state index contributed by atoms with van der Waals surface area (Å²) < 4.78 is 9.00. The zero-order valence-corrected chi connectivity index (χ0v) is 19.3. The molecule has 2 heterocycles. The van der Waals surface area contributed by atoms with Crippen LogP contribution in [0.4, 0.5) is 0 Å². The summed E-state index contributed by atoms with van der Waals surface area (Å²) in [4.78, 5) is 4.76. The molecule has 0 aliphatic heterocycles. The van der Waals surface area contributed by atoms with Gasteiger partial charge in [-0.15, -0.1) is 21.5 Å². The van der Waals surface area contributed by atoms with Gasteiger partial charge < -0.3 is 9.30 Å². The second kappa shape index (κ2) is 9.54. The van der Waals surface area contributed by atoms with E-state index in [2.05, 4.69) is 57.2 Å². The number of fused-ring (bicyclic) bond motifs is 1. The van der Waals surface area contributed by atoms with E-state index in [1.807, 2.05) is 36.4 Å². The van der Waals surface area contributed by atoms with E-state index < -0.39 is 0 Å². The lowest BCUT2D eigenvalue weighted by Gasteiger charge is -2.12. The highest BCUT2D eigenvalue weighted by atomic mass is 32.2. The summed E-state index contributed by atoms with van der Waals surface area (Å²) in [7, 11) is 1.69. The van der Waals surface area contributed by atoms with Crippen molar-refractivity contribution in [3.05, 3.63) is 89.4 Å². The molecule has 0 amide bonds. The standard InChI is InChI=1S/C25H22N4OS2/c1-30-21-13-7-5-11-19(21)24-27-28-25(29(24)16-15-18-9-3-2-4-10-18)31-17-23-26-20-12-6-8-14-22(20)32-23/h2-14H,15-17H2,1H3. The lowest BCUT2D eigenvalue weighted by atomic mass is 10.1. The van der Waals surface area contributed by atoms with Gasteiger partial charge in [0.05, 0.1) is 28.6 Å². The van der Waals surface area contributed by atoms with Gasteiger partial charge in [0.1, 0.15) is 10.8 Å². The minimum absolute atomic E-state index is 0.759. The van der Waals surface area contributed by atoms with Crippen LogP contribution in [-0.4, -0.2) is 26.9 Å². The van der Waals surface area contributed by atoms with Crippen LogP contribution in [0.1, 0.15) is 10.6 Å². The Morgan fingerprint density at radius 2 is 1.69 bits per heavy atom. The van der Waals surface area contributed by atoms with Crippen LogP contribution in [-0.2, 0) is 18.7 Å². The van der Waals surface area contributed by atoms with Crippen molar-refractivity contribution in [2.24, 2.45) is 0 Å². The molecule has 0 spiro atoms. The highest BCUT2D eigenvalue weighted by molar-refractivity contribution is 7.98. The molecule has 0 atom stereocenters. The van der Waals surface area contributed by atoms with Gasteiger partial charge in [-0.3, -0.25) is 0 Å². The maximum absolute atomic E-state index is 5.59. The number of hydrogen-bond acceptors (Lipinski definition) is 6. The molecule has 0 radical (unpaired) electrons. The molecule has 0 aliphatic carbocycles. The van der Waals surface area contributed by atoms with Crippen molar-refractivity contribution < 1.29 is 4.74 Å². The fourth-order valence-corrected chi connectivity index (χ4v) is 5.54. The Kier molecular flexibility index (Phi) is 6.18. The summed E-state index contributed by atoms with van der Waals surface area (Å²) >= 11 is 3.41. The van der Waals surface area contributed by atoms with Gasteiger partial charge in [-0.25, -0.2) is 4.98 Å². The minimum Gasteiger partial charge on any atom is -0.496 e. The molecule has 0 fully saturated rings. The van der Waals surface area contributed by atoms with Crippen molar-refractivity contribution in [2.45, 2.75) is 23.9 Å². The van der Waals surface area contributed by atoms with E-state index in [0.29, 0.717) is 0 Å². The number of hydrogen-bond donors (Lipinski definition) is 0. The van der Waals surface area contributed by atoms with Crippen LogP contribution in [0.15, 0.2) is 84.0 Å². The highest BCUT2D eigenvalue weighted by Crippen LogP contribution is 2.33. The predicted molar refractivity (Wildman–Crippen MR) is 131 cm³/mol. The predicted octanol–water partition coefficient (Wildman–Crippen LogP) is 6.10. The molecule has 0 saturated heterocycles. The normalized spacial score (nSPS) is 11.2. The van der Waals surface area contributed by atoms with Gasteiger partial charge in [-0.05, 0) is 36.2 Å². The average Bonchev–Trinajstić information content (AvgIpc) is 3.45. The number of aromatic nitrogens is 4. The molecule has 0 aliphatic rings. The highest BCUT2D eigenvalue weighted by Gasteiger charge is 2.18. The molecule has 0 unspecified atom stereocenters. The summed E-state index contributed by atoms with van der Waals surface area (Å²) in [6, 6.07) is 26.7. The lowest BCUT2D eigenvalue weighted by molar-refractivity contribution is 0.415. The lowest BCUT2D eigenvalue weighted by Crippen LogP contribution is -2.06. The van der Waals surface area contributed by atoms with E-state index in [0.717, 1.165) is 51.5 Å². The molecule has 3 aromatic carbocycles. The van der Waals surface area contributed by atoms with Crippen LogP contribution in [0.3, 0.4) is 0 Å². The third-order valence-electron chi connectivity index (χ3n) is 5.19. The second-order valence-corrected chi connectivity index (χ2v) is 9.32. The number of methoxy groups -OCH3 is 1. The fraction of sp³-hybridized carbons (Fsp3) is 0.160. The average molecular weight is 459 g/mol. The molecular weight excluding hydrogens is 436 g/mol. The molecule has 0 saturated carbocycles. The maximum Gasteiger partial charge on any atom is 0.191 e. The van der Waals surface area contributed by atoms with Crippen LogP contribution in [0.5, 0.6) is 5.75 Å². The number of benzene rings is 3. The first-order valence-electron chi connectivity index (χ1n) is 10.4. The smallest absolute Gasteiger partial charge is 0.191 e.